The van der Waals surface area contributed by atoms with E-state index in [0.717, 1.165) is 40.8 Å². The van der Waals surface area contributed by atoms with E-state index in [1.807, 2.05) is 60.7 Å². The van der Waals surface area contributed by atoms with Crippen molar-refractivity contribution in [2.24, 2.45) is 5.92 Å². The van der Waals surface area contributed by atoms with E-state index >= 15 is 0 Å². The minimum atomic E-state index is -0.653. The number of nitrogens with zero attached hydrogens (tertiary/aromatic N) is 3. The average Bonchev–Trinajstić information content (AvgIpc) is 3.51. The fraction of sp³-hybridized carbons (Fsp3) is 0.267. The molecule has 0 saturated heterocycles. The summed E-state index contributed by atoms with van der Waals surface area (Å²) < 4.78 is 3.30. The number of imidazole rings is 1. The molecule has 190 valence electrons. The maximum Gasteiger partial charge on any atom is 0.329 e. The Hall–Kier alpha value is -4.46. The highest BCUT2D eigenvalue weighted by atomic mass is 16.2. The normalized spacial score (nSPS) is 19.3. The molecule has 7 rings (SSSR count). The van der Waals surface area contributed by atoms with Gasteiger partial charge in [0.1, 0.15) is 12.4 Å². The van der Waals surface area contributed by atoms with Gasteiger partial charge in [-0.05, 0) is 66.5 Å². The average molecular weight is 506 g/mol. The Morgan fingerprint density at radius 1 is 1.03 bits per heavy atom. The predicted molar refractivity (Wildman–Crippen MR) is 144 cm³/mol. The Morgan fingerprint density at radius 3 is 2.66 bits per heavy atom. The topological polar surface area (TPSA) is 98.0 Å². The van der Waals surface area contributed by atoms with E-state index in [9.17, 15) is 14.4 Å². The first-order valence-corrected chi connectivity index (χ1v) is 13.0. The lowest BCUT2D eigenvalue weighted by atomic mass is 9.79. The molecule has 2 aromatic carbocycles. The van der Waals surface area contributed by atoms with Gasteiger partial charge >= 0.3 is 5.69 Å². The molecular weight excluding hydrogens is 478 g/mol. The number of fused-ring (bicyclic) bond motifs is 3. The fourth-order valence-corrected chi connectivity index (χ4v) is 5.92. The van der Waals surface area contributed by atoms with Crippen LogP contribution >= 0.6 is 0 Å². The Morgan fingerprint density at radius 2 is 1.84 bits per heavy atom. The van der Waals surface area contributed by atoms with Crippen LogP contribution in [0.15, 0.2) is 77.9 Å². The van der Waals surface area contributed by atoms with Crippen molar-refractivity contribution in [3.8, 4) is 11.3 Å². The Balaban J connectivity index is 1.11. The minimum Gasteiger partial charge on any atom is -0.325 e. The first-order valence-electron chi connectivity index (χ1n) is 13.0. The van der Waals surface area contributed by atoms with Crippen molar-refractivity contribution in [3.63, 3.8) is 0 Å². The van der Waals surface area contributed by atoms with Crippen LogP contribution in [-0.4, -0.2) is 25.9 Å². The van der Waals surface area contributed by atoms with Crippen LogP contribution in [0.25, 0.3) is 11.3 Å². The number of pyridine rings is 1. The van der Waals surface area contributed by atoms with Crippen LogP contribution < -0.4 is 16.3 Å². The van der Waals surface area contributed by atoms with Gasteiger partial charge in [0, 0.05) is 30.2 Å². The zero-order valence-corrected chi connectivity index (χ0v) is 20.8. The van der Waals surface area contributed by atoms with Gasteiger partial charge in [0.25, 0.3) is 0 Å². The molecule has 1 saturated carbocycles. The molecule has 2 aliphatic carbocycles. The molecule has 0 radical (unpaired) electrons. The summed E-state index contributed by atoms with van der Waals surface area (Å²) in [7, 11) is 0. The Labute approximate surface area is 219 Å². The van der Waals surface area contributed by atoms with E-state index in [0.29, 0.717) is 36.8 Å². The van der Waals surface area contributed by atoms with Crippen molar-refractivity contribution in [3.05, 3.63) is 100 Å². The van der Waals surface area contributed by atoms with Crippen LogP contribution in [0.3, 0.4) is 0 Å². The molecule has 8 heteroatoms. The summed E-state index contributed by atoms with van der Waals surface area (Å²) >= 11 is 0. The number of hydrogen-bond acceptors (Lipinski definition) is 4. The molecule has 3 heterocycles. The standard InChI is InChI=1S/C30H27N5O3/c36-26(18-34-17-25(20-5-2-1-3-6-20)35(29(34)38)16-19-8-9-19)32-23-11-10-21-14-30(15-22(21)13-23)24-7-4-12-31-27(24)33-28(30)37/h1-7,10-13,17,19H,8-9,14-16,18H2,(H,32,36)(H,31,33,37). The van der Waals surface area contributed by atoms with E-state index in [-0.39, 0.29) is 24.0 Å². The van der Waals surface area contributed by atoms with Gasteiger partial charge in [-0.2, -0.15) is 0 Å². The summed E-state index contributed by atoms with van der Waals surface area (Å²) in [6.45, 7) is 0.606. The molecule has 2 N–H and O–H groups in total. The van der Waals surface area contributed by atoms with Crippen molar-refractivity contribution < 1.29 is 9.59 Å². The van der Waals surface area contributed by atoms with E-state index in [4.69, 9.17) is 0 Å². The number of carbonyl (C=O) groups excluding carboxylic acids is 2. The number of carbonyl (C=O) groups is 2. The van der Waals surface area contributed by atoms with E-state index in [1.54, 1.807) is 17.0 Å². The molecular formula is C30H27N5O3. The number of anilines is 2. The second-order valence-corrected chi connectivity index (χ2v) is 10.7. The second-order valence-electron chi connectivity index (χ2n) is 10.7. The molecule has 3 aliphatic rings. The second kappa shape index (κ2) is 8.55. The number of benzene rings is 2. The molecule has 0 bridgehead atoms. The third kappa shape index (κ3) is 3.75. The number of aromatic nitrogens is 3. The summed E-state index contributed by atoms with van der Waals surface area (Å²) in [5.74, 6) is 0.861. The zero-order chi connectivity index (χ0) is 25.9. The quantitative estimate of drug-likeness (QED) is 0.417. The summed E-state index contributed by atoms with van der Waals surface area (Å²) in [4.78, 5) is 43.6. The van der Waals surface area contributed by atoms with Gasteiger partial charge in [-0.15, -0.1) is 0 Å². The molecule has 38 heavy (non-hydrogen) atoms. The molecule has 8 nitrogen and oxygen atoms in total. The van der Waals surface area contributed by atoms with Gasteiger partial charge in [-0.1, -0.05) is 42.5 Å². The number of hydrogen-bond donors (Lipinski definition) is 2. The molecule has 4 aromatic rings. The summed E-state index contributed by atoms with van der Waals surface area (Å²) in [5, 5.41) is 5.88. The Bertz CT molecular complexity index is 1650. The maximum absolute atomic E-state index is 13.2. The van der Waals surface area contributed by atoms with E-state index < -0.39 is 5.41 Å². The van der Waals surface area contributed by atoms with Crippen LogP contribution in [0.2, 0.25) is 0 Å². The first-order chi connectivity index (χ1) is 18.5. The van der Waals surface area contributed by atoms with Gasteiger partial charge in [0.2, 0.25) is 11.8 Å². The number of nitrogens with one attached hydrogen (secondary N) is 2. The Kier molecular flexibility index (Phi) is 5.11. The van der Waals surface area contributed by atoms with Crippen LogP contribution in [0.5, 0.6) is 0 Å². The van der Waals surface area contributed by atoms with Crippen molar-refractivity contribution in [2.45, 2.75) is 44.2 Å². The molecule has 1 unspecified atom stereocenters. The minimum absolute atomic E-state index is 0.0303. The molecule has 2 aromatic heterocycles. The van der Waals surface area contributed by atoms with E-state index in [1.165, 1.54) is 4.57 Å². The number of amides is 2. The van der Waals surface area contributed by atoms with Gasteiger partial charge in [-0.25, -0.2) is 9.78 Å². The van der Waals surface area contributed by atoms with Crippen molar-refractivity contribution >= 4 is 23.3 Å². The van der Waals surface area contributed by atoms with Crippen LogP contribution in [0.4, 0.5) is 11.5 Å². The van der Waals surface area contributed by atoms with Crippen LogP contribution in [-0.2, 0) is 40.9 Å². The first kappa shape index (κ1) is 22.7. The highest BCUT2D eigenvalue weighted by molar-refractivity contribution is 6.06. The predicted octanol–water partition coefficient (Wildman–Crippen LogP) is 3.75. The maximum atomic E-state index is 13.2. The van der Waals surface area contributed by atoms with Crippen LogP contribution in [0.1, 0.15) is 29.5 Å². The van der Waals surface area contributed by atoms with Crippen molar-refractivity contribution in [1.82, 2.24) is 14.1 Å². The monoisotopic (exact) mass is 505 g/mol. The zero-order valence-electron chi connectivity index (χ0n) is 20.8. The van der Waals surface area contributed by atoms with E-state index in [2.05, 4.69) is 15.6 Å². The molecule has 1 aliphatic heterocycles. The number of rotatable bonds is 6. The summed E-state index contributed by atoms with van der Waals surface area (Å²) in [6, 6.07) is 19.4. The smallest absolute Gasteiger partial charge is 0.325 e. The third-order valence-electron chi connectivity index (χ3n) is 8.03. The van der Waals surface area contributed by atoms with Crippen LogP contribution in [0, 0.1) is 5.92 Å². The van der Waals surface area contributed by atoms with Gasteiger partial charge in [0.05, 0.1) is 11.1 Å². The summed E-state index contributed by atoms with van der Waals surface area (Å²) in [5.41, 5.74) is 4.69. The fourth-order valence-electron chi connectivity index (χ4n) is 5.92. The lowest BCUT2D eigenvalue weighted by Gasteiger charge is -2.20. The van der Waals surface area contributed by atoms with Crippen molar-refractivity contribution in [1.29, 1.82) is 0 Å². The third-order valence-corrected chi connectivity index (χ3v) is 8.03. The molecule has 1 spiro atoms. The largest absolute Gasteiger partial charge is 0.329 e. The summed E-state index contributed by atoms with van der Waals surface area (Å²) in [6.07, 6.45) is 6.90. The lowest BCUT2D eigenvalue weighted by molar-refractivity contribution is -0.120. The highest BCUT2D eigenvalue weighted by Gasteiger charge is 2.51. The molecule has 1 atom stereocenters. The molecule has 1 fully saturated rings. The van der Waals surface area contributed by atoms with Gasteiger partial charge < -0.3 is 10.6 Å². The van der Waals surface area contributed by atoms with Crippen molar-refractivity contribution in [2.75, 3.05) is 10.6 Å². The van der Waals surface area contributed by atoms with Gasteiger partial charge in [-0.3, -0.25) is 18.7 Å². The van der Waals surface area contributed by atoms with Gasteiger partial charge in [0.15, 0.2) is 0 Å². The highest BCUT2D eigenvalue weighted by Crippen LogP contribution is 2.46. The molecule has 2 amide bonds. The SMILES string of the molecule is O=C(Cn1cc(-c2ccccc2)n(CC2CC2)c1=O)Nc1ccc2c(c1)CC1(C2)C(=O)Nc2ncccc21. The lowest BCUT2D eigenvalue weighted by Crippen LogP contribution is -2.35.